The summed E-state index contributed by atoms with van der Waals surface area (Å²) in [6.45, 7) is 3.00. The van der Waals surface area contributed by atoms with Crippen molar-refractivity contribution < 1.29 is 9.59 Å². The molecule has 2 aromatic carbocycles. The molecule has 5 rings (SSSR count). The molecule has 2 saturated heterocycles. The highest BCUT2D eigenvalue weighted by molar-refractivity contribution is 7.17. The molecule has 0 aliphatic carbocycles. The number of fused-ring (bicyclic) bond motifs is 2. The largest absolute Gasteiger partial charge is 0.368 e. The van der Waals surface area contributed by atoms with Crippen molar-refractivity contribution >= 4 is 33.2 Å². The lowest BCUT2D eigenvalue weighted by Crippen LogP contribution is -2.46. The lowest BCUT2D eigenvalue weighted by molar-refractivity contribution is -0.123. The van der Waals surface area contributed by atoms with Crippen LogP contribution < -0.4 is 5.73 Å². The minimum absolute atomic E-state index is 0.0747. The molecule has 160 valence electrons. The topological polar surface area (TPSA) is 66.6 Å². The number of carbonyl (C=O) groups is 2. The molecule has 2 amide bonds. The molecule has 2 fully saturated rings. The molecule has 2 unspecified atom stereocenters. The Morgan fingerprint density at radius 3 is 2.58 bits per heavy atom. The third-order valence-corrected chi connectivity index (χ3v) is 7.77. The van der Waals surface area contributed by atoms with E-state index in [1.807, 2.05) is 40.6 Å². The first kappa shape index (κ1) is 20.2. The first-order valence-electron chi connectivity index (χ1n) is 10.9. The lowest BCUT2D eigenvalue weighted by Gasteiger charge is -2.27. The second-order valence-electron chi connectivity index (χ2n) is 8.71. The van der Waals surface area contributed by atoms with Gasteiger partial charge in [0.05, 0.1) is 11.6 Å². The van der Waals surface area contributed by atoms with Gasteiger partial charge in [0.15, 0.2) is 0 Å². The van der Waals surface area contributed by atoms with E-state index in [0.29, 0.717) is 19.0 Å². The summed E-state index contributed by atoms with van der Waals surface area (Å²) in [5.41, 5.74) is 7.93. The fourth-order valence-corrected chi connectivity index (χ4v) is 6.30. The van der Waals surface area contributed by atoms with Gasteiger partial charge in [-0.2, -0.15) is 0 Å². The Kier molecular flexibility index (Phi) is 5.50. The lowest BCUT2D eigenvalue weighted by atomic mass is 9.94. The van der Waals surface area contributed by atoms with Crippen LogP contribution in [0.4, 0.5) is 0 Å². The van der Waals surface area contributed by atoms with Crippen LogP contribution in [0, 0.1) is 11.8 Å². The zero-order chi connectivity index (χ0) is 21.4. The quantitative estimate of drug-likeness (QED) is 0.648. The number of aryl methyl sites for hydroxylation is 1. The van der Waals surface area contributed by atoms with E-state index in [9.17, 15) is 9.59 Å². The summed E-state index contributed by atoms with van der Waals surface area (Å²) in [6, 6.07) is 18.2. The van der Waals surface area contributed by atoms with Gasteiger partial charge in [-0.15, -0.1) is 11.3 Å². The molecule has 3 aromatic rings. The van der Waals surface area contributed by atoms with E-state index in [4.69, 9.17) is 5.73 Å². The van der Waals surface area contributed by atoms with E-state index in [1.165, 1.54) is 5.56 Å². The maximum Gasteiger partial charge on any atom is 0.255 e. The fraction of sp³-hybridized carbons (Fsp3) is 0.360. The van der Waals surface area contributed by atoms with E-state index in [1.54, 1.807) is 11.3 Å². The third-order valence-electron chi connectivity index (χ3n) is 6.80. The molecule has 5 nitrogen and oxygen atoms in total. The maximum atomic E-state index is 13.2. The summed E-state index contributed by atoms with van der Waals surface area (Å²) in [5.74, 6) is 0.249. The number of likely N-dealkylation sites (tertiary alicyclic amines) is 2. The second kappa shape index (κ2) is 8.44. The molecule has 3 atom stereocenters. The van der Waals surface area contributed by atoms with Gasteiger partial charge in [-0.3, -0.25) is 14.5 Å². The number of rotatable bonds is 6. The van der Waals surface area contributed by atoms with Gasteiger partial charge in [-0.1, -0.05) is 48.5 Å². The van der Waals surface area contributed by atoms with Crippen LogP contribution in [0.15, 0.2) is 60.0 Å². The summed E-state index contributed by atoms with van der Waals surface area (Å²) in [7, 11) is 0. The minimum atomic E-state index is -0.280. The van der Waals surface area contributed by atoms with Crippen LogP contribution in [-0.4, -0.2) is 53.8 Å². The van der Waals surface area contributed by atoms with Crippen LogP contribution in [0.5, 0.6) is 0 Å². The molecule has 0 bridgehead atoms. The van der Waals surface area contributed by atoms with E-state index in [0.717, 1.165) is 41.6 Å². The van der Waals surface area contributed by atoms with Gasteiger partial charge in [0, 0.05) is 41.0 Å². The molecular formula is C25H27N3O2S. The van der Waals surface area contributed by atoms with Crippen molar-refractivity contribution in [2.75, 3.05) is 26.2 Å². The SMILES string of the molecule is NC(=O)C1[C@@H]2CN(C(=O)c3csc4ccccc34)CC2CN1CCCc1ccccc1. The number of thiophene rings is 1. The van der Waals surface area contributed by atoms with Gasteiger partial charge >= 0.3 is 0 Å². The van der Waals surface area contributed by atoms with Gasteiger partial charge in [0.25, 0.3) is 5.91 Å². The molecule has 0 spiro atoms. The van der Waals surface area contributed by atoms with Crippen molar-refractivity contribution in [3.8, 4) is 0 Å². The molecule has 31 heavy (non-hydrogen) atoms. The van der Waals surface area contributed by atoms with Crippen molar-refractivity contribution in [2.24, 2.45) is 17.6 Å². The standard InChI is InChI=1S/C25H27N3O2S/c26-24(29)23-20-15-28(25(30)21-16-31-22-11-5-4-10-19(21)22)14-18(20)13-27(23)12-6-9-17-7-2-1-3-8-17/h1-5,7-8,10-11,16,18,20,23H,6,9,12-15H2,(H2,26,29)/t18?,20-,23?/m1/s1. The van der Waals surface area contributed by atoms with Gasteiger partial charge in [-0.25, -0.2) is 0 Å². The smallest absolute Gasteiger partial charge is 0.255 e. The van der Waals surface area contributed by atoms with E-state index in [-0.39, 0.29) is 23.8 Å². The average Bonchev–Trinajstić information content (AvgIpc) is 3.46. The van der Waals surface area contributed by atoms with Gasteiger partial charge < -0.3 is 10.6 Å². The summed E-state index contributed by atoms with van der Waals surface area (Å²) >= 11 is 1.61. The Morgan fingerprint density at radius 1 is 1.00 bits per heavy atom. The Bertz CT molecular complexity index is 1100. The van der Waals surface area contributed by atoms with Crippen molar-refractivity contribution in [3.63, 3.8) is 0 Å². The summed E-state index contributed by atoms with van der Waals surface area (Å²) in [6.07, 6.45) is 1.99. The molecule has 0 saturated carbocycles. The first-order valence-corrected chi connectivity index (χ1v) is 11.8. The first-order chi connectivity index (χ1) is 15.1. The highest BCUT2D eigenvalue weighted by Crippen LogP contribution is 2.38. The summed E-state index contributed by atoms with van der Waals surface area (Å²) < 4.78 is 1.13. The van der Waals surface area contributed by atoms with Crippen molar-refractivity contribution in [2.45, 2.75) is 18.9 Å². The number of hydrogen-bond donors (Lipinski definition) is 1. The van der Waals surface area contributed by atoms with E-state index in [2.05, 4.69) is 29.2 Å². The number of amides is 2. The highest BCUT2D eigenvalue weighted by Gasteiger charge is 2.50. The summed E-state index contributed by atoms with van der Waals surface area (Å²) in [5, 5.41) is 2.98. The van der Waals surface area contributed by atoms with E-state index < -0.39 is 0 Å². The molecular weight excluding hydrogens is 406 g/mol. The van der Waals surface area contributed by atoms with E-state index >= 15 is 0 Å². The number of primary amides is 1. The normalized spacial score (nSPS) is 23.4. The monoisotopic (exact) mass is 433 g/mol. The van der Waals surface area contributed by atoms with Gasteiger partial charge in [0.1, 0.15) is 0 Å². The number of nitrogens with two attached hydrogens (primary N) is 1. The van der Waals surface area contributed by atoms with Crippen LogP contribution in [0.3, 0.4) is 0 Å². The molecule has 2 aliphatic rings. The van der Waals surface area contributed by atoms with Crippen LogP contribution >= 0.6 is 11.3 Å². The minimum Gasteiger partial charge on any atom is -0.368 e. The zero-order valence-corrected chi connectivity index (χ0v) is 18.3. The number of hydrogen-bond acceptors (Lipinski definition) is 4. The summed E-state index contributed by atoms with van der Waals surface area (Å²) in [4.78, 5) is 29.8. The molecule has 0 radical (unpaired) electrons. The predicted molar refractivity (Wildman–Crippen MR) is 124 cm³/mol. The van der Waals surface area contributed by atoms with Crippen LogP contribution in [0.2, 0.25) is 0 Å². The van der Waals surface area contributed by atoms with Crippen LogP contribution in [0.1, 0.15) is 22.3 Å². The van der Waals surface area contributed by atoms with Crippen LogP contribution in [-0.2, 0) is 11.2 Å². The number of benzene rings is 2. The molecule has 1 aromatic heterocycles. The van der Waals surface area contributed by atoms with Crippen LogP contribution in [0.25, 0.3) is 10.1 Å². The molecule has 6 heteroatoms. The van der Waals surface area contributed by atoms with Crippen molar-refractivity contribution in [1.29, 1.82) is 0 Å². The Hall–Kier alpha value is -2.70. The zero-order valence-electron chi connectivity index (χ0n) is 17.4. The fourth-order valence-electron chi connectivity index (χ4n) is 5.36. The average molecular weight is 434 g/mol. The molecule has 2 aliphatic heterocycles. The number of nitrogens with zero attached hydrogens (tertiary/aromatic N) is 2. The number of carbonyl (C=O) groups excluding carboxylic acids is 2. The molecule has 2 N–H and O–H groups in total. The predicted octanol–water partition coefficient (Wildman–Crippen LogP) is 3.39. The van der Waals surface area contributed by atoms with Crippen molar-refractivity contribution in [1.82, 2.24) is 9.80 Å². The van der Waals surface area contributed by atoms with Gasteiger partial charge in [-0.05, 0) is 36.9 Å². The third kappa shape index (κ3) is 3.86. The Morgan fingerprint density at radius 2 is 1.77 bits per heavy atom. The Balaban J connectivity index is 1.25. The Labute approximate surface area is 186 Å². The van der Waals surface area contributed by atoms with Crippen molar-refractivity contribution in [3.05, 3.63) is 71.1 Å². The maximum absolute atomic E-state index is 13.2. The van der Waals surface area contributed by atoms with Gasteiger partial charge in [0.2, 0.25) is 5.91 Å². The molecule has 3 heterocycles. The highest BCUT2D eigenvalue weighted by atomic mass is 32.1. The second-order valence-corrected chi connectivity index (χ2v) is 9.62.